The lowest BCUT2D eigenvalue weighted by molar-refractivity contribution is 0.692. The molecule has 124 valence electrons. The first-order chi connectivity index (χ1) is 12.2. The molecule has 0 amide bonds. The normalized spacial score (nSPS) is 11.0. The number of rotatable bonds is 4. The largest absolute Gasteiger partial charge is 0.368 e. The predicted octanol–water partition coefficient (Wildman–Crippen LogP) is 2.30. The maximum absolute atomic E-state index is 5.66. The number of hydrogen-bond donors (Lipinski definition) is 2. The molecule has 0 atom stereocenters. The summed E-state index contributed by atoms with van der Waals surface area (Å²) in [7, 11) is 0. The maximum Gasteiger partial charge on any atom is 0.225 e. The smallest absolute Gasteiger partial charge is 0.225 e. The quantitative estimate of drug-likeness (QED) is 0.594. The molecule has 2 aromatic heterocycles. The first-order valence-electron chi connectivity index (χ1n) is 7.97. The van der Waals surface area contributed by atoms with E-state index in [4.69, 9.17) is 16.5 Å². The molecule has 0 spiro atoms. The van der Waals surface area contributed by atoms with Crippen LogP contribution in [0, 0.1) is 0 Å². The van der Waals surface area contributed by atoms with E-state index in [9.17, 15) is 0 Å². The molecule has 2 heterocycles. The third-order valence-electron chi connectivity index (χ3n) is 3.96. The second-order valence-corrected chi connectivity index (χ2v) is 5.66. The number of imidazole rings is 1. The monoisotopic (exact) mass is 331 g/mol. The second kappa shape index (κ2) is 6.20. The third kappa shape index (κ3) is 2.99. The fourth-order valence-electron chi connectivity index (χ4n) is 2.89. The van der Waals surface area contributed by atoms with E-state index in [-0.39, 0.29) is 11.9 Å². The molecule has 4 N–H and O–H groups in total. The van der Waals surface area contributed by atoms with Gasteiger partial charge in [0.25, 0.3) is 0 Å². The molecule has 0 saturated carbocycles. The van der Waals surface area contributed by atoms with E-state index in [0.717, 1.165) is 22.4 Å². The summed E-state index contributed by atoms with van der Waals surface area (Å²) in [5, 5.41) is 0. The number of aromatic nitrogens is 5. The molecule has 0 aliphatic heterocycles. The molecule has 7 nitrogen and oxygen atoms in total. The van der Waals surface area contributed by atoms with Crippen LogP contribution in [0.25, 0.3) is 22.4 Å². The van der Waals surface area contributed by atoms with Gasteiger partial charge in [0, 0.05) is 18.5 Å². The number of nitrogen functional groups attached to an aromatic ring is 2. The van der Waals surface area contributed by atoms with E-state index in [1.807, 2.05) is 36.4 Å². The molecule has 0 unspecified atom stereocenters. The fourth-order valence-corrected chi connectivity index (χ4v) is 2.89. The minimum Gasteiger partial charge on any atom is -0.368 e. The Kier molecular flexibility index (Phi) is 3.74. The van der Waals surface area contributed by atoms with Crippen LogP contribution in [0.5, 0.6) is 0 Å². The van der Waals surface area contributed by atoms with Crippen molar-refractivity contribution in [2.75, 3.05) is 11.5 Å². The molecule has 0 saturated heterocycles. The van der Waals surface area contributed by atoms with Crippen LogP contribution in [-0.2, 0) is 13.0 Å². The van der Waals surface area contributed by atoms with Crippen molar-refractivity contribution >= 4 is 22.9 Å². The summed E-state index contributed by atoms with van der Waals surface area (Å²) >= 11 is 0. The lowest BCUT2D eigenvalue weighted by Gasteiger charge is -2.09. The van der Waals surface area contributed by atoms with Gasteiger partial charge in [-0.05, 0) is 12.1 Å². The minimum absolute atomic E-state index is 0.140. The van der Waals surface area contributed by atoms with Crippen molar-refractivity contribution in [2.24, 2.45) is 0 Å². The number of anilines is 2. The van der Waals surface area contributed by atoms with Crippen molar-refractivity contribution in [2.45, 2.75) is 13.0 Å². The summed E-state index contributed by atoms with van der Waals surface area (Å²) in [4.78, 5) is 16.9. The number of hydrogen-bond acceptors (Lipinski definition) is 6. The highest BCUT2D eigenvalue weighted by molar-refractivity contribution is 5.80. The van der Waals surface area contributed by atoms with Crippen LogP contribution in [0.4, 0.5) is 11.9 Å². The van der Waals surface area contributed by atoms with Crippen molar-refractivity contribution in [1.29, 1.82) is 0 Å². The zero-order valence-electron chi connectivity index (χ0n) is 13.5. The number of aryl methyl sites for hydroxylation is 2. The summed E-state index contributed by atoms with van der Waals surface area (Å²) in [5.41, 5.74) is 14.4. The van der Waals surface area contributed by atoms with E-state index < -0.39 is 0 Å². The minimum atomic E-state index is 0.140. The van der Waals surface area contributed by atoms with Gasteiger partial charge >= 0.3 is 0 Å². The standard InChI is InChI=1S/C18H17N7/c19-17-22-15(23-18(20)24-17)10-11-25-14-9-5-4-8-13(14)21-16(25)12-6-2-1-3-7-12/h1-9H,10-11H2,(H4,19,20,22,23,24). The van der Waals surface area contributed by atoms with Crippen LogP contribution in [-0.4, -0.2) is 24.5 Å². The van der Waals surface area contributed by atoms with E-state index in [0.29, 0.717) is 18.8 Å². The van der Waals surface area contributed by atoms with Crippen molar-refractivity contribution in [3.63, 3.8) is 0 Å². The molecule has 0 radical (unpaired) electrons. The van der Waals surface area contributed by atoms with Gasteiger partial charge in [0.2, 0.25) is 11.9 Å². The topological polar surface area (TPSA) is 109 Å². The average molecular weight is 331 g/mol. The summed E-state index contributed by atoms with van der Waals surface area (Å²) in [6.45, 7) is 0.660. The zero-order chi connectivity index (χ0) is 17.2. The lowest BCUT2D eigenvalue weighted by atomic mass is 10.2. The molecule has 2 aromatic carbocycles. The lowest BCUT2D eigenvalue weighted by Crippen LogP contribution is -2.10. The first-order valence-corrected chi connectivity index (χ1v) is 7.97. The summed E-state index contributed by atoms with van der Waals surface area (Å²) in [6, 6.07) is 18.2. The van der Waals surface area contributed by atoms with Gasteiger partial charge in [-0.25, -0.2) is 4.98 Å². The third-order valence-corrected chi connectivity index (χ3v) is 3.96. The molecular formula is C18H17N7. The first kappa shape index (κ1) is 15.1. The molecule has 7 heteroatoms. The highest BCUT2D eigenvalue weighted by Crippen LogP contribution is 2.25. The highest BCUT2D eigenvalue weighted by atomic mass is 15.1. The Morgan fingerprint density at radius 2 is 1.44 bits per heavy atom. The summed E-state index contributed by atoms with van der Waals surface area (Å²) in [6.07, 6.45) is 0.580. The highest BCUT2D eigenvalue weighted by Gasteiger charge is 2.13. The van der Waals surface area contributed by atoms with E-state index in [1.54, 1.807) is 0 Å². The van der Waals surface area contributed by atoms with Crippen LogP contribution in [0.1, 0.15) is 5.82 Å². The van der Waals surface area contributed by atoms with Crippen molar-refractivity contribution in [3.05, 3.63) is 60.4 Å². The van der Waals surface area contributed by atoms with E-state index >= 15 is 0 Å². The Hall–Kier alpha value is -3.48. The van der Waals surface area contributed by atoms with Gasteiger partial charge in [0.05, 0.1) is 11.0 Å². The van der Waals surface area contributed by atoms with Crippen molar-refractivity contribution in [3.8, 4) is 11.4 Å². The van der Waals surface area contributed by atoms with Crippen LogP contribution in [0.3, 0.4) is 0 Å². The van der Waals surface area contributed by atoms with Crippen molar-refractivity contribution in [1.82, 2.24) is 24.5 Å². The molecule has 4 rings (SSSR count). The number of fused-ring (bicyclic) bond motifs is 1. The Morgan fingerprint density at radius 1 is 0.760 bits per heavy atom. The SMILES string of the molecule is Nc1nc(N)nc(CCn2c(-c3ccccc3)nc3ccccc32)n1. The van der Waals surface area contributed by atoms with Crippen LogP contribution < -0.4 is 11.5 Å². The van der Waals surface area contributed by atoms with Gasteiger partial charge in [0.15, 0.2) is 0 Å². The molecule has 0 fully saturated rings. The molecule has 0 aliphatic rings. The summed E-state index contributed by atoms with van der Waals surface area (Å²) < 4.78 is 2.17. The molecule has 0 aliphatic carbocycles. The van der Waals surface area contributed by atoms with Gasteiger partial charge in [-0.2, -0.15) is 15.0 Å². The Morgan fingerprint density at radius 3 is 2.20 bits per heavy atom. The number of nitrogens with zero attached hydrogens (tertiary/aromatic N) is 5. The van der Waals surface area contributed by atoms with Gasteiger partial charge in [0.1, 0.15) is 11.6 Å². The number of para-hydroxylation sites is 2. The predicted molar refractivity (Wildman–Crippen MR) is 97.5 cm³/mol. The van der Waals surface area contributed by atoms with Gasteiger partial charge in [-0.1, -0.05) is 42.5 Å². The van der Waals surface area contributed by atoms with Crippen LogP contribution in [0.15, 0.2) is 54.6 Å². The molecule has 25 heavy (non-hydrogen) atoms. The Bertz CT molecular complexity index is 1000. The maximum atomic E-state index is 5.66. The van der Waals surface area contributed by atoms with E-state index in [2.05, 4.69) is 37.7 Å². The Labute approximate surface area is 144 Å². The van der Waals surface area contributed by atoms with Gasteiger partial charge < -0.3 is 16.0 Å². The molecular weight excluding hydrogens is 314 g/mol. The average Bonchev–Trinajstić information content (AvgIpc) is 2.98. The number of benzene rings is 2. The van der Waals surface area contributed by atoms with Crippen LogP contribution >= 0.6 is 0 Å². The number of nitrogens with two attached hydrogens (primary N) is 2. The van der Waals surface area contributed by atoms with Crippen LogP contribution in [0.2, 0.25) is 0 Å². The second-order valence-electron chi connectivity index (χ2n) is 5.66. The van der Waals surface area contributed by atoms with Gasteiger partial charge in [-0.15, -0.1) is 0 Å². The van der Waals surface area contributed by atoms with Crippen molar-refractivity contribution < 1.29 is 0 Å². The zero-order valence-corrected chi connectivity index (χ0v) is 13.5. The molecule has 0 bridgehead atoms. The van der Waals surface area contributed by atoms with Gasteiger partial charge in [-0.3, -0.25) is 0 Å². The molecule has 4 aromatic rings. The fraction of sp³-hybridized carbons (Fsp3) is 0.111. The Balaban J connectivity index is 1.75. The summed E-state index contributed by atoms with van der Waals surface area (Å²) in [5.74, 6) is 1.76. The van der Waals surface area contributed by atoms with E-state index in [1.165, 1.54) is 0 Å².